The lowest BCUT2D eigenvalue weighted by Gasteiger charge is -2.12. The molecule has 0 aliphatic carbocycles. The average Bonchev–Trinajstić information content (AvgIpc) is 4.01. The predicted molar refractivity (Wildman–Crippen MR) is 264 cm³/mol. The Balaban J connectivity index is 0.853. The summed E-state index contributed by atoms with van der Waals surface area (Å²) in [5, 5.41) is 7.29. The standard InChI is InChI=1S/C60H38N2O/c1-5-25-55-49(21-1)50-22-2-6-26-56(50)62(55)48-30-31-58-53(38-48)51-23-3-7-27-57(51)61(58)47-20-12-19-45(36-47)43-17-10-15-41(34-43)39-13-9-14-40(33-39)42-16-11-18-44(35-42)46-29-32-60-54(37-46)52-24-4-8-28-59(52)63-60/h1-38H. The first-order valence-corrected chi connectivity index (χ1v) is 21.6. The molecule has 0 aliphatic heterocycles. The topological polar surface area (TPSA) is 23.0 Å². The Morgan fingerprint density at radius 3 is 1.17 bits per heavy atom. The van der Waals surface area contributed by atoms with Gasteiger partial charge in [-0.05, 0) is 129 Å². The zero-order valence-electron chi connectivity index (χ0n) is 34.2. The third kappa shape index (κ3) is 5.75. The third-order valence-corrected chi connectivity index (χ3v) is 12.9. The van der Waals surface area contributed by atoms with Gasteiger partial charge in [-0.25, -0.2) is 0 Å². The van der Waals surface area contributed by atoms with Crippen molar-refractivity contribution in [3.8, 4) is 55.9 Å². The molecule has 0 unspecified atom stereocenters. The van der Waals surface area contributed by atoms with Crippen LogP contribution in [-0.4, -0.2) is 9.13 Å². The van der Waals surface area contributed by atoms with Crippen LogP contribution in [0.1, 0.15) is 0 Å². The first-order chi connectivity index (χ1) is 31.2. The van der Waals surface area contributed by atoms with Crippen LogP contribution in [0.25, 0.3) is 121 Å². The van der Waals surface area contributed by atoms with Crippen molar-refractivity contribution < 1.29 is 4.42 Å². The molecule has 63 heavy (non-hydrogen) atoms. The molecule has 13 rings (SSSR count). The van der Waals surface area contributed by atoms with Crippen LogP contribution in [-0.2, 0) is 0 Å². The van der Waals surface area contributed by atoms with E-state index < -0.39 is 0 Å². The van der Waals surface area contributed by atoms with Gasteiger partial charge in [0.15, 0.2) is 0 Å². The van der Waals surface area contributed by atoms with E-state index in [2.05, 4.69) is 228 Å². The fourth-order valence-corrected chi connectivity index (χ4v) is 9.94. The number of rotatable bonds is 6. The quantitative estimate of drug-likeness (QED) is 0.164. The number of furan rings is 1. The van der Waals surface area contributed by atoms with Crippen LogP contribution in [0.3, 0.4) is 0 Å². The minimum atomic E-state index is 0.912. The SMILES string of the molecule is c1cc(-c2cccc(-c3cccc(-n4c5ccccc5c5cc(-n6c7ccccc7c7ccccc76)ccc54)c3)c2)cc(-c2cccc(-c3ccc4oc5ccccc5c4c3)c2)c1. The van der Waals surface area contributed by atoms with Gasteiger partial charge in [-0.1, -0.05) is 146 Å². The summed E-state index contributed by atoms with van der Waals surface area (Å²) >= 11 is 0. The molecule has 10 aromatic carbocycles. The highest BCUT2D eigenvalue weighted by molar-refractivity contribution is 6.12. The lowest BCUT2D eigenvalue weighted by atomic mass is 9.94. The van der Waals surface area contributed by atoms with Crippen LogP contribution in [0.2, 0.25) is 0 Å². The Hall–Kier alpha value is -8.40. The maximum atomic E-state index is 6.11. The van der Waals surface area contributed by atoms with Crippen LogP contribution in [0.5, 0.6) is 0 Å². The normalized spacial score (nSPS) is 11.8. The molecule has 0 amide bonds. The van der Waals surface area contributed by atoms with E-state index in [0.717, 1.165) is 33.3 Å². The van der Waals surface area contributed by atoms with Crippen LogP contribution in [0.4, 0.5) is 0 Å². The Bertz CT molecular complexity index is 3880. The molecule has 3 aromatic heterocycles. The number of hydrogen-bond donors (Lipinski definition) is 0. The summed E-state index contributed by atoms with van der Waals surface area (Å²) < 4.78 is 10.9. The number of aromatic nitrogens is 2. The second-order valence-corrected chi connectivity index (χ2v) is 16.5. The molecule has 0 atom stereocenters. The number of benzene rings is 10. The molecule has 0 saturated carbocycles. The molecule has 3 heterocycles. The molecule has 0 fully saturated rings. The minimum Gasteiger partial charge on any atom is -0.456 e. The molecule has 0 saturated heterocycles. The van der Waals surface area contributed by atoms with E-state index in [1.54, 1.807) is 0 Å². The number of hydrogen-bond acceptors (Lipinski definition) is 1. The van der Waals surface area contributed by atoms with Crippen molar-refractivity contribution in [1.29, 1.82) is 0 Å². The van der Waals surface area contributed by atoms with Gasteiger partial charge in [0.25, 0.3) is 0 Å². The van der Waals surface area contributed by atoms with Gasteiger partial charge in [0.05, 0.1) is 22.1 Å². The minimum absolute atomic E-state index is 0.912. The van der Waals surface area contributed by atoms with Crippen molar-refractivity contribution in [2.75, 3.05) is 0 Å². The summed E-state index contributed by atoms with van der Waals surface area (Å²) in [5.41, 5.74) is 18.4. The Morgan fingerprint density at radius 1 is 0.222 bits per heavy atom. The van der Waals surface area contributed by atoms with Crippen molar-refractivity contribution in [2.45, 2.75) is 0 Å². The summed E-state index contributed by atoms with van der Waals surface area (Å²) in [6, 6.07) is 83.6. The number of nitrogens with zero attached hydrogens (tertiary/aromatic N) is 2. The summed E-state index contributed by atoms with van der Waals surface area (Å²) in [4.78, 5) is 0. The second kappa shape index (κ2) is 14.1. The van der Waals surface area contributed by atoms with Gasteiger partial charge in [0, 0.05) is 43.7 Å². The Kier molecular flexibility index (Phi) is 7.91. The molecule has 0 spiro atoms. The lowest BCUT2D eigenvalue weighted by Crippen LogP contribution is -1.96. The molecule has 294 valence electrons. The molecular weight excluding hydrogens is 765 g/mol. The van der Waals surface area contributed by atoms with Gasteiger partial charge >= 0.3 is 0 Å². The molecule has 0 bridgehead atoms. The summed E-state index contributed by atoms with van der Waals surface area (Å²) in [6.07, 6.45) is 0. The number of para-hydroxylation sites is 4. The highest BCUT2D eigenvalue weighted by atomic mass is 16.3. The Labute approximate surface area is 363 Å². The smallest absolute Gasteiger partial charge is 0.135 e. The molecule has 3 nitrogen and oxygen atoms in total. The Morgan fingerprint density at radius 2 is 0.619 bits per heavy atom. The van der Waals surface area contributed by atoms with Crippen molar-refractivity contribution in [3.63, 3.8) is 0 Å². The monoisotopic (exact) mass is 802 g/mol. The molecule has 0 N–H and O–H groups in total. The van der Waals surface area contributed by atoms with Crippen LogP contribution >= 0.6 is 0 Å². The van der Waals surface area contributed by atoms with Crippen molar-refractivity contribution in [2.24, 2.45) is 0 Å². The zero-order chi connectivity index (χ0) is 41.4. The molecule has 0 aliphatic rings. The van der Waals surface area contributed by atoms with Gasteiger partial charge in [0.1, 0.15) is 11.2 Å². The van der Waals surface area contributed by atoms with E-state index >= 15 is 0 Å². The first-order valence-electron chi connectivity index (χ1n) is 21.6. The fourth-order valence-electron chi connectivity index (χ4n) is 9.94. The van der Waals surface area contributed by atoms with E-state index in [1.165, 1.54) is 88.1 Å². The summed E-state index contributed by atoms with van der Waals surface area (Å²) in [5.74, 6) is 0. The van der Waals surface area contributed by atoms with E-state index in [0.29, 0.717) is 0 Å². The summed E-state index contributed by atoms with van der Waals surface area (Å²) in [6.45, 7) is 0. The number of fused-ring (bicyclic) bond motifs is 9. The van der Waals surface area contributed by atoms with Gasteiger partial charge in [-0.2, -0.15) is 0 Å². The van der Waals surface area contributed by atoms with Crippen LogP contribution in [0, 0.1) is 0 Å². The van der Waals surface area contributed by atoms with E-state index in [9.17, 15) is 0 Å². The van der Waals surface area contributed by atoms with E-state index in [1.807, 2.05) is 12.1 Å². The van der Waals surface area contributed by atoms with Crippen molar-refractivity contribution in [1.82, 2.24) is 9.13 Å². The fraction of sp³-hybridized carbons (Fsp3) is 0. The molecule has 13 aromatic rings. The zero-order valence-corrected chi connectivity index (χ0v) is 34.2. The van der Waals surface area contributed by atoms with Crippen LogP contribution in [0.15, 0.2) is 235 Å². The summed E-state index contributed by atoms with van der Waals surface area (Å²) in [7, 11) is 0. The van der Waals surface area contributed by atoms with Crippen LogP contribution < -0.4 is 0 Å². The van der Waals surface area contributed by atoms with Crippen molar-refractivity contribution >= 4 is 65.6 Å². The predicted octanol–water partition coefficient (Wildman–Crippen LogP) is 16.4. The van der Waals surface area contributed by atoms with Crippen molar-refractivity contribution in [3.05, 3.63) is 231 Å². The lowest BCUT2D eigenvalue weighted by molar-refractivity contribution is 0.669. The maximum absolute atomic E-state index is 6.11. The molecular formula is C60H38N2O. The second-order valence-electron chi connectivity index (χ2n) is 16.5. The average molecular weight is 803 g/mol. The molecule has 0 radical (unpaired) electrons. The molecule has 3 heteroatoms. The van der Waals surface area contributed by atoms with Gasteiger partial charge < -0.3 is 13.6 Å². The van der Waals surface area contributed by atoms with E-state index in [-0.39, 0.29) is 0 Å². The largest absolute Gasteiger partial charge is 0.456 e. The maximum Gasteiger partial charge on any atom is 0.135 e. The highest BCUT2D eigenvalue weighted by Crippen LogP contribution is 2.39. The van der Waals surface area contributed by atoms with Gasteiger partial charge in [-0.3, -0.25) is 0 Å². The van der Waals surface area contributed by atoms with Gasteiger partial charge in [-0.15, -0.1) is 0 Å². The third-order valence-electron chi connectivity index (χ3n) is 12.9. The first kappa shape index (κ1) is 35.4. The van der Waals surface area contributed by atoms with E-state index in [4.69, 9.17) is 4.42 Å². The highest BCUT2D eigenvalue weighted by Gasteiger charge is 2.17. The van der Waals surface area contributed by atoms with Gasteiger partial charge in [0.2, 0.25) is 0 Å².